The zero-order valence-corrected chi connectivity index (χ0v) is 12.8. The zero-order chi connectivity index (χ0) is 14.8. The van der Waals surface area contributed by atoms with Gasteiger partial charge in [-0.1, -0.05) is 12.1 Å². The van der Waals surface area contributed by atoms with E-state index in [0.717, 1.165) is 0 Å². The number of nitrogens with one attached hydrogen (secondary N) is 2. The number of sulfone groups is 1. The third kappa shape index (κ3) is 3.57. The smallest absolute Gasteiger partial charge is 0.270 e. The fraction of sp³-hybridized carbons (Fsp3) is 0.333. The fourth-order valence-electron chi connectivity index (χ4n) is 1.93. The highest BCUT2D eigenvalue weighted by Crippen LogP contribution is 2.18. The minimum absolute atomic E-state index is 0.0171. The molecular formula is C12H13BrN2O4S. The first-order chi connectivity index (χ1) is 9.39. The molecule has 0 unspecified atom stereocenters. The lowest BCUT2D eigenvalue weighted by Crippen LogP contribution is -2.44. The molecule has 1 aromatic rings. The van der Waals surface area contributed by atoms with Gasteiger partial charge in [-0.25, -0.2) is 8.42 Å². The van der Waals surface area contributed by atoms with Crippen molar-refractivity contribution in [3.63, 3.8) is 0 Å². The molecule has 8 heteroatoms. The molecule has 2 amide bonds. The normalized spacial score (nSPS) is 20.4. The molecule has 2 N–H and O–H groups in total. The Hall–Kier alpha value is -1.41. The highest BCUT2D eigenvalue weighted by molar-refractivity contribution is 9.10. The van der Waals surface area contributed by atoms with Gasteiger partial charge in [0.25, 0.3) is 5.91 Å². The van der Waals surface area contributed by atoms with Gasteiger partial charge >= 0.3 is 0 Å². The summed E-state index contributed by atoms with van der Waals surface area (Å²) in [6, 6.07) is 6.78. The van der Waals surface area contributed by atoms with Gasteiger partial charge in [-0.3, -0.25) is 20.4 Å². The van der Waals surface area contributed by atoms with Gasteiger partial charge in [0.15, 0.2) is 9.84 Å². The second kappa shape index (κ2) is 5.92. The zero-order valence-electron chi connectivity index (χ0n) is 10.4. The quantitative estimate of drug-likeness (QED) is 0.757. The van der Waals surface area contributed by atoms with Crippen LogP contribution in [0.15, 0.2) is 28.7 Å². The number of halogens is 1. The van der Waals surface area contributed by atoms with Crippen molar-refractivity contribution in [2.75, 3.05) is 11.5 Å². The van der Waals surface area contributed by atoms with Gasteiger partial charge in [-0.15, -0.1) is 0 Å². The first-order valence-electron chi connectivity index (χ1n) is 5.94. The van der Waals surface area contributed by atoms with Crippen LogP contribution >= 0.6 is 15.9 Å². The molecule has 1 aliphatic heterocycles. The number of amides is 2. The molecular weight excluding hydrogens is 348 g/mol. The predicted octanol–water partition coefficient (Wildman–Crippen LogP) is 0.645. The average molecular weight is 361 g/mol. The van der Waals surface area contributed by atoms with Crippen LogP contribution in [0.2, 0.25) is 0 Å². The summed E-state index contributed by atoms with van der Waals surface area (Å²) in [6.07, 6.45) is 0.291. The summed E-state index contributed by atoms with van der Waals surface area (Å²) in [5, 5.41) is 0. The number of carbonyl (C=O) groups is 2. The van der Waals surface area contributed by atoms with Crippen LogP contribution in [0.1, 0.15) is 16.8 Å². The van der Waals surface area contributed by atoms with Crippen LogP contribution in [-0.2, 0) is 14.6 Å². The Kier molecular flexibility index (Phi) is 4.44. The third-order valence-electron chi connectivity index (χ3n) is 3.02. The Bertz CT molecular complexity index is 645. The minimum Gasteiger partial charge on any atom is -0.273 e. The summed E-state index contributed by atoms with van der Waals surface area (Å²) in [4.78, 5) is 23.6. The van der Waals surface area contributed by atoms with Gasteiger partial charge in [-0.2, -0.15) is 0 Å². The SMILES string of the molecule is O=C(NNC(=O)[C@@H]1CCS(=O)(=O)C1)c1ccccc1Br. The molecule has 0 spiro atoms. The number of hydrogen-bond donors (Lipinski definition) is 2. The maximum atomic E-state index is 11.8. The van der Waals surface area contributed by atoms with Gasteiger partial charge in [0, 0.05) is 4.47 Å². The molecule has 1 saturated heterocycles. The van der Waals surface area contributed by atoms with E-state index < -0.39 is 27.6 Å². The fourth-order valence-corrected chi connectivity index (χ4v) is 4.14. The first-order valence-corrected chi connectivity index (χ1v) is 8.55. The van der Waals surface area contributed by atoms with Crippen molar-refractivity contribution in [3.05, 3.63) is 34.3 Å². The van der Waals surface area contributed by atoms with Gasteiger partial charge in [-0.05, 0) is 34.5 Å². The van der Waals surface area contributed by atoms with Gasteiger partial charge in [0.1, 0.15) is 0 Å². The van der Waals surface area contributed by atoms with E-state index in [2.05, 4.69) is 26.8 Å². The van der Waals surface area contributed by atoms with Crippen molar-refractivity contribution >= 4 is 37.6 Å². The van der Waals surface area contributed by atoms with Gasteiger partial charge < -0.3 is 0 Å². The Morgan fingerprint density at radius 1 is 1.20 bits per heavy atom. The van der Waals surface area contributed by atoms with Crippen molar-refractivity contribution in [1.29, 1.82) is 0 Å². The standard InChI is InChI=1S/C12H13BrN2O4S/c13-10-4-2-1-3-9(10)12(17)15-14-11(16)8-5-6-20(18,19)7-8/h1-4,8H,5-7H2,(H,14,16)(H,15,17)/t8-/m1/s1. The van der Waals surface area contributed by atoms with E-state index in [1.807, 2.05) is 0 Å². The summed E-state index contributed by atoms with van der Waals surface area (Å²) in [5.74, 6) is -1.69. The molecule has 0 saturated carbocycles. The molecule has 0 radical (unpaired) electrons. The largest absolute Gasteiger partial charge is 0.273 e. The molecule has 0 aliphatic carbocycles. The number of hydrazine groups is 1. The van der Waals surface area contributed by atoms with Gasteiger partial charge in [0.05, 0.1) is 23.0 Å². The molecule has 1 aliphatic rings. The third-order valence-corrected chi connectivity index (χ3v) is 5.48. The maximum Gasteiger partial charge on any atom is 0.270 e. The van der Waals surface area contributed by atoms with Crippen LogP contribution in [0, 0.1) is 5.92 Å². The van der Waals surface area contributed by atoms with Crippen LogP contribution in [0.4, 0.5) is 0 Å². The van der Waals surface area contributed by atoms with Crippen LogP contribution in [-0.4, -0.2) is 31.7 Å². The summed E-state index contributed by atoms with van der Waals surface area (Å²) in [7, 11) is -3.12. The molecule has 6 nitrogen and oxygen atoms in total. The average Bonchev–Trinajstić information content (AvgIpc) is 2.76. The van der Waals surface area contributed by atoms with E-state index in [9.17, 15) is 18.0 Å². The monoisotopic (exact) mass is 360 g/mol. The highest BCUT2D eigenvalue weighted by Gasteiger charge is 2.33. The number of carbonyl (C=O) groups excluding carboxylic acids is 2. The second-order valence-electron chi connectivity index (χ2n) is 4.52. The van der Waals surface area contributed by atoms with E-state index in [1.54, 1.807) is 24.3 Å². The lowest BCUT2D eigenvalue weighted by Gasteiger charge is -2.11. The van der Waals surface area contributed by atoms with Gasteiger partial charge in [0.2, 0.25) is 5.91 Å². The highest BCUT2D eigenvalue weighted by atomic mass is 79.9. The van der Waals surface area contributed by atoms with Crippen molar-refractivity contribution < 1.29 is 18.0 Å². The van der Waals surface area contributed by atoms with E-state index in [-0.39, 0.29) is 11.5 Å². The van der Waals surface area contributed by atoms with Crippen LogP contribution in [0.3, 0.4) is 0 Å². The minimum atomic E-state index is -3.12. The van der Waals surface area contributed by atoms with Crippen LogP contribution < -0.4 is 10.9 Å². The molecule has 2 rings (SSSR count). The maximum absolute atomic E-state index is 11.8. The molecule has 0 bridgehead atoms. The first kappa shape index (κ1) is 15.0. The van der Waals surface area contributed by atoms with Crippen molar-refractivity contribution in [2.45, 2.75) is 6.42 Å². The summed E-state index contributed by atoms with van der Waals surface area (Å²) in [6.45, 7) is 0. The molecule has 1 aromatic carbocycles. The molecule has 108 valence electrons. The van der Waals surface area contributed by atoms with E-state index in [0.29, 0.717) is 16.5 Å². The Balaban J connectivity index is 1.91. The van der Waals surface area contributed by atoms with Crippen LogP contribution in [0.25, 0.3) is 0 Å². The summed E-state index contributed by atoms with van der Waals surface area (Å²) in [5.41, 5.74) is 4.93. The van der Waals surface area contributed by atoms with E-state index >= 15 is 0 Å². The Morgan fingerprint density at radius 3 is 2.50 bits per heavy atom. The molecule has 0 aromatic heterocycles. The van der Waals surface area contributed by atoms with Crippen molar-refractivity contribution in [3.8, 4) is 0 Å². The topological polar surface area (TPSA) is 92.3 Å². The van der Waals surface area contributed by atoms with E-state index in [1.165, 1.54) is 0 Å². The predicted molar refractivity (Wildman–Crippen MR) is 76.5 cm³/mol. The number of benzene rings is 1. The lowest BCUT2D eigenvalue weighted by molar-refractivity contribution is -0.125. The second-order valence-corrected chi connectivity index (χ2v) is 7.61. The number of rotatable bonds is 2. The summed E-state index contributed by atoms with van der Waals surface area (Å²) < 4.78 is 23.2. The molecule has 20 heavy (non-hydrogen) atoms. The van der Waals surface area contributed by atoms with Crippen LogP contribution in [0.5, 0.6) is 0 Å². The molecule has 1 heterocycles. The molecule has 1 fully saturated rings. The van der Waals surface area contributed by atoms with Crippen molar-refractivity contribution in [2.24, 2.45) is 5.92 Å². The Labute approximate surface area is 125 Å². The van der Waals surface area contributed by atoms with Crippen molar-refractivity contribution in [1.82, 2.24) is 10.9 Å². The summed E-state index contributed by atoms with van der Waals surface area (Å²) >= 11 is 3.23. The number of hydrogen-bond acceptors (Lipinski definition) is 4. The lowest BCUT2D eigenvalue weighted by atomic mass is 10.1. The molecule has 1 atom stereocenters. The Morgan fingerprint density at radius 2 is 1.90 bits per heavy atom. The van der Waals surface area contributed by atoms with E-state index in [4.69, 9.17) is 0 Å².